The van der Waals surface area contributed by atoms with Crippen LogP contribution in [0.1, 0.15) is 37.6 Å². The maximum Gasteiger partial charge on any atom is 0.223 e. The zero-order valence-electron chi connectivity index (χ0n) is 15.1. The molecule has 1 saturated heterocycles. The maximum absolute atomic E-state index is 12.4. The highest BCUT2D eigenvalue weighted by Gasteiger charge is 2.24. The van der Waals surface area contributed by atoms with Gasteiger partial charge in [0.15, 0.2) is 11.7 Å². The Labute approximate surface area is 149 Å². The van der Waals surface area contributed by atoms with E-state index in [1.165, 1.54) is 5.56 Å². The van der Waals surface area contributed by atoms with Crippen LogP contribution >= 0.6 is 0 Å². The van der Waals surface area contributed by atoms with Crippen LogP contribution in [-0.4, -0.2) is 34.9 Å². The summed E-state index contributed by atoms with van der Waals surface area (Å²) in [5.74, 6) is 2.08. The Hall–Kier alpha value is -2.14. The number of rotatable bonds is 5. The van der Waals surface area contributed by atoms with Gasteiger partial charge in [-0.2, -0.15) is 0 Å². The lowest BCUT2D eigenvalue weighted by atomic mass is 9.91. The summed E-state index contributed by atoms with van der Waals surface area (Å²) in [6.45, 7) is 5.73. The number of aromatic nitrogens is 1. The highest BCUT2D eigenvalue weighted by Crippen LogP contribution is 2.22. The van der Waals surface area contributed by atoms with Gasteiger partial charge >= 0.3 is 0 Å². The van der Waals surface area contributed by atoms with Crippen LogP contribution in [-0.2, 0) is 11.2 Å². The fourth-order valence-electron chi connectivity index (χ4n) is 3.32. The van der Waals surface area contributed by atoms with Crippen molar-refractivity contribution in [3.05, 3.63) is 41.9 Å². The van der Waals surface area contributed by atoms with Crippen LogP contribution in [0.25, 0.3) is 11.3 Å². The van der Waals surface area contributed by atoms with Gasteiger partial charge in [-0.25, -0.2) is 4.98 Å². The summed E-state index contributed by atoms with van der Waals surface area (Å²) in [5.41, 5.74) is 8.18. The summed E-state index contributed by atoms with van der Waals surface area (Å²) < 4.78 is 5.80. The molecule has 25 heavy (non-hydrogen) atoms. The summed E-state index contributed by atoms with van der Waals surface area (Å²) >= 11 is 0. The Morgan fingerprint density at radius 1 is 1.32 bits per heavy atom. The molecule has 0 radical (unpaired) electrons. The van der Waals surface area contributed by atoms with Crippen LogP contribution in [0.5, 0.6) is 0 Å². The first-order valence-corrected chi connectivity index (χ1v) is 9.08. The average Bonchev–Trinajstić information content (AvgIpc) is 3.09. The summed E-state index contributed by atoms with van der Waals surface area (Å²) in [5, 5.41) is 0. The minimum Gasteiger partial charge on any atom is -0.441 e. The SMILES string of the molecule is Cc1ccc(-c2cnc(CCC(=O)N3CCC(C(C)N)CC3)o2)cc1. The molecular formula is C20H27N3O2. The molecule has 0 bridgehead atoms. The summed E-state index contributed by atoms with van der Waals surface area (Å²) in [6.07, 6.45) is 4.72. The van der Waals surface area contributed by atoms with Crippen LogP contribution in [0.3, 0.4) is 0 Å². The molecule has 1 fully saturated rings. The third kappa shape index (κ3) is 4.48. The van der Waals surface area contributed by atoms with Crippen LogP contribution < -0.4 is 5.73 Å². The van der Waals surface area contributed by atoms with E-state index in [4.69, 9.17) is 10.2 Å². The van der Waals surface area contributed by atoms with E-state index in [-0.39, 0.29) is 11.9 Å². The van der Waals surface area contributed by atoms with Crippen molar-refractivity contribution in [1.82, 2.24) is 9.88 Å². The zero-order chi connectivity index (χ0) is 17.8. The molecule has 1 aliphatic rings. The number of hydrogen-bond acceptors (Lipinski definition) is 4. The highest BCUT2D eigenvalue weighted by atomic mass is 16.4. The second-order valence-electron chi connectivity index (χ2n) is 7.06. The van der Waals surface area contributed by atoms with E-state index in [1.54, 1.807) is 6.20 Å². The first kappa shape index (κ1) is 17.7. The standard InChI is InChI=1S/C20H27N3O2/c1-14-3-5-17(6-4-14)18-13-22-19(25-18)7-8-20(24)23-11-9-16(10-12-23)15(2)21/h3-6,13,15-16H,7-12,21H2,1-2H3. The molecule has 1 atom stereocenters. The van der Waals surface area contributed by atoms with Crippen molar-refractivity contribution in [3.8, 4) is 11.3 Å². The smallest absolute Gasteiger partial charge is 0.223 e. The van der Waals surface area contributed by atoms with E-state index in [9.17, 15) is 4.79 Å². The predicted molar refractivity (Wildman–Crippen MR) is 98.0 cm³/mol. The van der Waals surface area contributed by atoms with Crippen molar-refractivity contribution >= 4 is 5.91 Å². The Kier molecular flexibility index (Phi) is 5.53. The van der Waals surface area contributed by atoms with Gasteiger partial charge in [0, 0.05) is 37.5 Å². The Morgan fingerprint density at radius 2 is 2.00 bits per heavy atom. The third-order valence-corrected chi connectivity index (χ3v) is 5.08. The van der Waals surface area contributed by atoms with Gasteiger partial charge in [0.25, 0.3) is 0 Å². The minimum absolute atomic E-state index is 0.179. The van der Waals surface area contributed by atoms with Gasteiger partial charge in [0.05, 0.1) is 6.20 Å². The molecule has 1 unspecified atom stereocenters. The van der Waals surface area contributed by atoms with Gasteiger partial charge in [-0.3, -0.25) is 4.79 Å². The average molecular weight is 341 g/mol. The normalized spacial score (nSPS) is 16.8. The van der Waals surface area contributed by atoms with Crippen molar-refractivity contribution in [3.63, 3.8) is 0 Å². The molecule has 1 aromatic heterocycles. The van der Waals surface area contributed by atoms with Gasteiger partial charge in [-0.1, -0.05) is 29.8 Å². The molecule has 5 nitrogen and oxygen atoms in total. The van der Waals surface area contributed by atoms with Crippen LogP contribution in [0, 0.1) is 12.8 Å². The number of nitrogens with zero attached hydrogens (tertiary/aromatic N) is 2. The molecule has 2 heterocycles. The first-order valence-electron chi connectivity index (χ1n) is 9.08. The number of benzene rings is 1. The number of likely N-dealkylation sites (tertiary alicyclic amines) is 1. The van der Waals surface area contributed by atoms with Crippen LogP contribution in [0.4, 0.5) is 0 Å². The molecule has 0 aliphatic carbocycles. The molecular weight excluding hydrogens is 314 g/mol. The number of carbonyl (C=O) groups excluding carboxylic acids is 1. The minimum atomic E-state index is 0.179. The lowest BCUT2D eigenvalue weighted by Crippen LogP contribution is -2.42. The lowest BCUT2D eigenvalue weighted by Gasteiger charge is -2.33. The molecule has 2 aromatic rings. The lowest BCUT2D eigenvalue weighted by molar-refractivity contribution is -0.132. The molecule has 5 heteroatoms. The Bertz CT molecular complexity index is 698. The van der Waals surface area contributed by atoms with Gasteiger partial charge in [-0.15, -0.1) is 0 Å². The quantitative estimate of drug-likeness (QED) is 0.906. The summed E-state index contributed by atoms with van der Waals surface area (Å²) in [7, 11) is 0. The fourth-order valence-corrected chi connectivity index (χ4v) is 3.32. The number of hydrogen-bond donors (Lipinski definition) is 1. The molecule has 1 aliphatic heterocycles. The Balaban J connectivity index is 1.51. The van der Waals surface area contributed by atoms with Crippen molar-refractivity contribution in [1.29, 1.82) is 0 Å². The van der Waals surface area contributed by atoms with Crippen molar-refractivity contribution < 1.29 is 9.21 Å². The van der Waals surface area contributed by atoms with Gasteiger partial charge in [0.1, 0.15) is 0 Å². The maximum atomic E-state index is 12.4. The van der Waals surface area contributed by atoms with E-state index >= 15 is 0 Å². The molecule has 1 aromatic carbocycles. The molecule has 2 N–H and O–H groups in total. The highest BCUT2D eigenvalue weighted by molar-refractivity contribution is 5.76. The van der Waals surface area contributed by atoms with E-state index in [2.05, 4.69) is 18.8 Å². The van der Waals surface area contributed by atoms with Gasteiger partial charge in [-0.05, 0) is 32.6 Å². The van der Waals surface area contributed by atoms with Gasteiger partial charge < -0.3 is 15.1 Å². The predicted octanol–water partition coefficient (Wildman–Crippen LogP) is 3.17. The molecule has 0 spiro atoms. The topological polar surface area (TPSA) is 72.4 Å². The Morgan fingerprint density at radius 3 is 2.64 bits per heavy atom. The third-order valence-electron chi connectivity index (χ3n) is 5.08. The van der Waals surface area contributed by atoms with Crippen LogP contribution in [0.2, 0.25) is 0 Å². The second-order valence-corrected chi connectivity index (χ2v) is 7.06. The molecule has 134 valence electrons. The van der Waals surface area contributed by atoms with Crippen LogP contribution in [0.15, 0.2) is 34.9 Å². The summed E-state index contributed by atoms with van der Waals surface area (Å²) in [6, 6.07) is 8.35. The monoisotopic (exact) mass is 341 g/mol. The number of piperidine rings is 1. The summed E-state index contributed by atoms with van der Waals surface area (Å²) in [4.78, 5) is 18.6. The number of aryl methyl sites for hydroxylation is 2. The van der Waals surface area contributed by atoms with E-state index in [0.717, 1.165) is 37.3 Å². The second kappa shape index (κ2) is 7.83. The molecule has 3 rings (SSSR count). The fraction of sp³-hybridized carbons (Fsp3) is 0.500. The van der Waals surface area contributed by atoms with Crippen molar-refractivity contribution in [2.45, 2.75) is 45.6 Å². The van der Waals surface area contributed by atoms with E-state index in [0.29, 0.717) is 24.7 Å². The van der Waals surface area contributed by atoms with Crippen molar-refractivity contribution in [2.24, 2.45) is 11.7 Å². The van der Waals surface area contributed by atoms with Crippen molar-refractivity contribution in [2.75, 3.05) is 13.1 Å². The number of nitrogens with two attached hydrogens (primary N) is 1. The van der Waals surface area contributed by atoms with E-state index < -0.39 is 0 Å². The molecule has 0 saturated carbocycles. The first-order chi connectivity index (χ1) is 12.0. The number of oxazole rings is 1. The van der Waals surface area contributed by atoms with Gasteiger partial charge in [0.2, 0.25) is 5.91 Å². The van der Waals surface area contributed by atoms with E-state index in [1.807, 2.05) is 29.2 Å². The molecule has 1 amide bonds. The number of amides is 1. The largest absolute Gasteiger partial charge is 0.441 e. The zero-order valence-corrected chi connectivity index (χ0v) is 15.1. The number of carbonyl (C=O) groups is 1.